The molecular formula is C17H34N2O. The first-order valence-electron chi connectivity index (χ1n) is 8.52. The molecule has 1 saturated carbocycles. The minimum Gasteiger partial charge on any atom is -0.377 e. The van der Waals surface area contributed by atoms with Gasteiger partial charge in [0.2, 0.25) is 0 Å². The Balaban J connectivity index is 2.40. The van der Waals surface area contributed by atoms with Gasteiger partial charge in [-0.25, -0.2) is 0 Å². The van der Waals surface area contributed by atoms with Crippen LogP contribution in [0.5, 0.6) is 0 Å². The van der Waals surface area contributed by atoms with Gasteiger partial charge in [0, 0.05) is 12.6 Å². The topological polar surface area (TPSA) is 47.3 Å². The number of nitrogens with two attached hydrogens (primary N) is 1. The summed E-state index contributed by atoms with van der Waals surface area (Å²) in [6.07, 6.45) is 15.0. The van der Waals surface area contributed by atoms with Crippen molar-refractivity contribution in [3.63, 3.8) is 0 Å². The van der Waals surface area contributed by atoms with E-state index in [0.717, 1.165) is 19.4 Å². The molecule has 0 aromatic heterocycles. The number of unbranched alkanes of at least 4 members (excludes halogenated alkanes) is 3. The summed E-state index contributed by atoms with van der Waals surface area (Å²) in [5.41, 5.74) is 3.03. The van der Waals surface area contributed by atoms with Gasteiger partial charge < -0.3 is 4.74 Å². The van der Waals surface area contributed by atoms with Gasteiger partial charge in [0.25, 0.3) is 0 Å². The molecule has 0 radical (unpaired) electrons. The second-order valence-corrected chi connectivity index (χ2v) is 6.02. The third kappa shape index (κ3) is 6.38. The Bertz CT molecular complexity index is 239. The number of nitrogens with one attached hydrogen (secondary N) is 1. The zero-order valence-electron chi connectivity index (χ0n) is 13.3. The molecule has 0 aromatic carbocycles. The van der Waals surface area contributed by atoms with E-state index in [-0.39, 0.29) is 0 Å². The zero-order chi connectivity index (χ0) is 14.6. The SMILES string of the molecule is C=CCCCCCC(NN)C(OCC)C1CCCCC1. The van der Waals surface area contributed by atoms with Crippen LogP contribution < -0.4 is 11.3 Å². The lowest BCUT2D eigenvalue weighted by atomic mass is 9.81. The molecule has 2 atom stereocenters. The highest BCUT2D eigenvalue weighted by atomic mass is 16.5. The Morgan fingerprint density at radius 3 is 2.60 bits per heavy atom. The van der Waals surface area contributed by atoms with Crippen molar-refractivity contribution in [2.45, 2.75) is 83.3 Å². The summed E-state index contributed by atoms with van der Waals surface area (Å²) in [6, 6.07) is 0.307. The lowest BCUT2D eigenvalue weighted by molar-refractivity contribution is -0.0198. The first-order chi connectivity index (χ1) is 9.83. The maximum Gasteiger partial charge on any atom is 0.0769 e. The van der Waals surface area contributed by atoms with Crippen LogP contribution in [-0.2, 0) is 4.74 Å². The van der Waals surface area contributed by atoms with E-state index in [9.17, 15) is 0 Å². The van der Waals surface area contributed by atoms with Crippen molar-refractivity contribution >= 4 is 0 Å². The summed E-state index contributed by atoms with van der Waals surface area (Å²) < 4.78 is 6.05. The van der Waals surface area contributed by atoms with Crippen molar-refractivity contribution in [2.24, 2.45) is 11.8 Å². The van der Waals surface area contributed by atoms with Crippen LogP contribution in [0.1, 0.15) is 71.1 Å². The average Bonchev–Trinajstić information content (AvgIpc) is 2.50. The molecule has 1 aliphatic carbocycles. The Hall–Kier alpha value is -0.380. The second kappa shape index (κ2) is 11.3. The van der Waals surface area contributed by atoms with Crippen LogP contribution in [0.3, 0.4) is 0 Å². The van der Waals surface area contributed by atoms with Gasteiger partial charge in [-0.05, 0) is 44.9 Å². The fraction of sp³-hybridized carbons (Fsp3) is 0.882. The van der Waals surface area contributed by atoms with E-state index in [1.807, 2.05) is 6.08 Å². The molecule has 0 heterocycles. The molecule has 2 unspecified atom stereocenters. The van der Waals surface area contributed by atoms with E-state index >= 15 is 0 Å². The molecule has 1 aliphatic rings. The standard InChI is InChI=1S/C17H34N2O/c1-3-5-6-7-11-14-16(19-18)17(20-4-2)15-12-9-8-10-13-15/h3,15-17,19H,1,4-14,18H2,2H3. The largest absolute Gasteiger partial charge is 0.377 e. The van der Waals surface area contributed by atoms with Gasteiger partial charge in [-0.15, -0.1) is 6.58 Å². The Morgan fingerprint density at radius 1 is 1.25 bits per heavy atom. The predicted octanol–water partition coefficient (Wildman–Crippen LogP) is 3.94. The highest BCUT2D eigenvalue weighted by Crippen LogP contribution is 2.30. The molecular weight excluding hydrogens is 248 g/mol. The van der Waals surface area contributed by atoms with E-state index in [2.05, 4.69) is 18.9 Å². The van der Waals surface area contributed by atoms with Gasteiger partial charge >= 0.3 is 0 Å². The third-order valence-electron chi connectivity index (χ3n) is 4.51. The van der Waals surface area contributed by atoms with E-state index in [1.54, 1.807) is 0 Å². The van der Waals surface area contributed by atoms with Crippen molar-refractivity contribution in [1.29, 1.82) is 0 Å². The summed E-state index contributed by atoms with van der Waals surface area (Å²) in [4.78, 5) is 0. The minimum absolute atomic E-state index is 0.296. The van der Waals surface area contributed by atoms with Crippen LogP contribution in [0.4, 0.5) is 0 Å². The summed E-state index contributed by atoms with van der Waals surface area (Å²) >= 11 is 0. The molecule has 3 nitrogen and oxygen atoms in total. The van der Waals surface area contributed by atoms with Crippen molar-refractivity contribution < 1.29 is 4.74 Å². The number of hydrogen-bond acceptors (Lipinski definition) is 3. The van der Waals surface area contributed by atoms with Crippen LogP contribution in [0, 0.1) is 5.92 Å². The van der Waals surface area contributed by atoms with E-state index < -0.39 is 0 Å². The van der Waals surface area contributed by atoms with E-state index in [4.69, 9.17) is 10.6 Å². The molecule has 1 rings (SSSR count). The number of ether oxygens (including phenoxy) is 1. The molecule has 3 N–H and O–H groups in total. The lowest BCUT2D eigenvalue weighted by Gasteiger charge is -2.35. The van der Waals surface area contributed by atoms with Gasteiger partial charge in [-0.2, -0.15) is 0 Å². The summed E-state index contributed by atoms with van der Waals surface area (Å²) in [6.45, 7) is 6.65. The number of hydrazine groups is 1. The monoisotopic (exact) mass is 282 g/mol. The predicted molar refractivity (Wildman–Crippen MR) is 86.4 cm³/mol. The van der Waals surface area contributed by atoms with Gasteiger partial charge in [0.05, 0.1) is 6.10 Å². The molecule has 118 valence electrons. The van der Waals surface area contributed by atoms with Gasteiger partial charge in [-0.3, -0.25) is 11.3 Å². The normalized spacial score (nSPS) is 19.7. The molecule has 0 bridgehead atoms. The third-order valence-corrected chi connectivity index (χ3v) is 4.51. The highest BCUT2D eigenvalue weighted by molar-refractivity contribution is 4.84. The van der Waals surface area contributed by atoms with Crippen molar-refractivity contribution in [3.8, 4) is 0 Å². The van der Waals surface area contributed by atoms with Crippen molar-refractivity contribution in [1.82, 2.24) is 5.43 Å². The Labute approximate surface area is 125 Å². The quantitative estimate of drug-likeness (QED) is 0.261. The number of hydrogen-bond donors (Lipinski definition) is 2. The van der Waals surface area contributed by atoms with Crippen LogP contribution in [0.2, 0.25) is 0 Å². The summed E-state index contributed by atoms with van der Waals surface area (Å²) in [7, 11) is 0. The smallest absolute Gasteiger partial charge is 0.0769 e. The molecule has 3 heteroatoms. The molecule has 1 fully saturated rings. The van der Waals surface area contributed by atoms with Crippen LogP contribution in [0.15, 0.2) is 12.7 Å². The fourth-order valence-electron chi connectivity index (χ4n) is 3.41. The Kier molecular flexibility index (Phi) is 9.98. The molecule has 20 heavy (non-hydrogen) atoms. The average molecular weight is 282 g/mol. The summed E-state index contributed by atoms with van der Waals surface area (Å²) in [5, 5.41) is 0. The Morgan fingerprint density at radius 2 is 2.00 bits per heavy atom. The van der Waals surface area contributed by atoms with Crippen LogP contribution in [-0.4, -0.2) is 18.8 Å². The molecule has 0 aliphatic heterocycles. The minimum atomic E-state index is 0.296. The maximum absolute atomic E-state index is 6.05. The van der Waals surface area contributed by atoms with Crippen molar-refractivity contribution in [2.75, 3.05) is 6.61 Å². The molecule has 0 amide bonds. The first kappa shape index (κ1) is 17.7. The number of rotatable bonds is 11. The fourth-order valence-corrected chi connectivity index (χ4v) is 3.41. The van der Waals surface area contributed by atoms with E-state index in [1.165, 1.54) is 51.4 Å². The molecule has 0 saturated heterocycles. The van der Waals surface area contributed by atoms with E-state index in [0.29, 0.717) is 18.1 Å². The van der Waals surface area contributed by atoms with Crippen LogP contribution in [0.25, 0.3) is 0 Å². The van der Waals surface area contributed by atoms with Gasteiger partial charge in [-0.1, -0.05) is 38.2 Å². The van der Waals surface area contributed by atoms with Gasteiger partial charge in [0.15, 0.2) is 0 Å². The second-order valence-electron chi connectivity index (χ2n) is 6.02. The zero-order valence-corrected chi connectivity index (χ0v) is 13.3. The van der Waals surface area contributed by atoms with Crippen LogP contribution >= 0.6 is 0 Å². The van der Waals surface area contributed by atoms with Crippen molar-refractivity contribution in [3.05, 3.63) is 12.7 Å². The number of allylic oxidation sites excluding steroid dienone is 1. The first-order valence-corrected chi connectivity index (χ1v) is 8.52. The lowest BCUT2D eigenvalue weighted by Crippen LogP contribution is -2.49. The summed E-state index contributed by atoms with van der Waals surface area (Å²) in [5.74, 6) is 6.50. The maximum atomic E-state index is 6.05. The highest BCUT2D eigenvalue weighted by Gasteiger charge is 2.30. The van der Waals surface area contributed by atoms with Gasteiger partial charge in [0.1, 0.15) is 0 Å². The molecule has 0 aromatic rings. The molecule has 0 spiro atoms.